The molecule has 0 spiro atoms. The number of hydrogen-bond acceptors (Lipinski definition) is 2. The minimum Gasteiger partial charge on any atom is -0.311 e. The molecule has 1 N–H and O–H groups in total. The van der Waals surface area contributed by atoms with Crippen molar-refractivity contribution in [2.45, 2.75) is 51.7 Å². The highest BCUT2D eigenvalue weighted by Crippen LogP contribution is 2.18. The lowest BCUT2D eigenvalue weighted by atomic mass is 10.1. The van der Waals surface area contributed by atoms with Crippen molar-refractivity contribution in [1.29, 1.82) is 0 Å². The van der Waals surface area contributed by atoms with Crippen molar-refractivity contribution in [3.05, 3.63) is 0 Å². The summed E-state index contributed by atoms with van der Waals surface area (Å²) in [4.78, 5) is 1.94. The van der Waals surface area contributed by atoms with Gasteiger partial charge in [0.25, 0.3) is 6.43 Å². The van der Waals surface area contributed by atoms with Gasteiger partial charge in [-0.15, -0.1) is 0 Å². The smallest absolute Gasteiger partial charge is 0.253 e. The van der Waals surface area contributed by atoms with Gasteiger partial charge in [0.2, 0.25) is 0 Å². The molecule has 1 aliphatic heterocycles. The van der Waals surface area contributed by atoms with Gasteiger partial charge in [-0.25, -0.2) is 8.78 Å². The Morgan fingerprint density at radius 1 is 1.50 bits per heavy atom. The maximum atomic E-state index is 12.6. The molecule has 1 heterocycles. The van der Waals surface area contributed by atoms with Gasteiger partial charge in [-0.05, 0) is 20.3 Å². The molecule has 0 radical (unpaired) electrons. The molecular weight excluding hydrogens is 186 g/mol. The molecule has 3 atom stereocenters. The highest BCUT2D eigenvalue weighted by Gasteiger charge is 2.32. The molecule has 3 unspecified atom stereocenters. The van der Waals surface area contributed by atoms with Crippen LogP contribution in [-0.2, 0) is 0 Å². The first-order valence-corrected chi connectivity index (χ1v) is 5.33. The van der Waals surface area contributed by atoms with E-state index in [-0.39, 0.29) is 6.04 Å². The largest absolute Gasteiger partial charge is 0.311 e. The summed E-state index contributed by atoms with van der Waals surface area (Å²) in [5, 5.41) is 3.32. The molecule has 0 aliphatic carbocycles. The van der Waals surface area contributed by atoms with E-state index >= 15 is 0 Å². The van der Waals surface area contributed by atoms with Crippen LogP contribution in [0.4, 0.5) is 8.78 Å². The van der Waals surface area contributed by atoms with E-state index in [4.69, 9.17) is 0 Å². The Kier molecular flexibility index (Phi) is 4.26. The van der Waals surface area contributed by atoms with Crippen LogP contribution in [0.25, 0.3) is 0 Å². The van der Waals surface area contributed by atoms with Gasteiger partial charge < -0.3 is 5.32 Å². The van der Waals surface area contributed by atoms with E-state index in [1.54, 1.807) is 6.92 Å². The zero-order valence-electron chi connectivity index (χ0n) is 9.13. The second-order valence-corrected chi connectivity index (χ2v) is 4.14. The molecule has 1 rings (SSSR count). The number of alkyl halides is 2. The zero-order chi connectivity index (χ0) is 10.7. The fourth-order valence-corrected chi connectivity index (χ4v) is 2.01. The maximum absolute atomic E-state index is 12.6. The van der Waals surface area contributed by atoms with Crippen molar-refractivity contribution in [2.75, 3.05) is 13.1 Å². The molecule has 0 aromatic heterocycles. The van der Waals surface area contributed by atoms with E-state index in [2.05, 4.69) is 5.32 Å². The van der Waals surface area contributed by atoms with Gasteiger partial charge in [0, 0.05) is 25.2 Å². The molecule has 0 aromatic rings. The van der Waals surface area contributed by atoms with Gasteiger partial charge in [-0.1, -0.05) is 6.92 Å². The number of halogens is 2. The second-order valence-electron chi connectivity index (χ2n) is 4.14. The van der Waals surface area contributed by atoms with E-state index < -0.39 is 12.5 Å². The van der Waals surface area contributed by atoms with Crippen molar-refractivity contribution in [2.24, 2.45) is 0 Å². The summed E-state index contributed by atoms with van der Waals surface area (Å²) in [6.45, 7) is 7.26. The molecule has 1 fully saturated rings. The topological polar surface area (TPSA) is 15.3 Å². The monoisotopic (exact) mass is 206 g/mol. The average Bonchev–Trinajstić information content (AvgIpc) is 2.16. The number of rotatable bonds is 3. The van der Waals surface area contributed by atoms with Crippen molar-refractivity contribution in [3.63, 3.8) is 0 Å². The van der Waals surface area contributed by atoms with Crippen LogP contribution < -0.4 is 5.32 Å². The predicted molar refractivity (Wildman–Crippen MR) is 53.7 cm³/mol. The van der Waals surface area contributed by atoms with Gasteiger partial charge >= 0.3 is 0 Å². The van der Waals surface area contributed by atoms with Crippen LogP contribution in [0.1, 0.15) is 27.2 Å². The Labute approximate surface area is 84.7 Å². The summed E-state index contributed by atoms with van der Waals surface area (Å²) in [5.41, 5.74) is 0. The lowest BCUT2D eigenvalue weighted by Gasteiger charge is -2.42. The standard InChI is InChI=1S/C10H20F2N2/c1-4-9-5-13-7(2)6-14(9)8(3)10(11)12/h7-10,13H,4-6H2,1-3H3. The minimum atomic E-state index is -2.24. The van der Waals surface area contributed by atoms with E-state index in [9.17, 15) is 8.78 Å². The molecule has 0 amide bonds. The number of hydrogen-bond donors (Lipinski definition) is 1. The number of piperazine rings is 1. The highest BCUT2D eigenvalue weighted by molar-refractivity contribution is 4.87. The van der Waals surface area contributed by atoms with Crippen LogP contribution >= 0.6 is 0 Å². The first-order valence-electron chi connectivity index (χ1n) is 5.33. The van der Waals surface area contributed by atoms with E-state index in [1.807, 2.05) is 18.7 Å². The molecule has 84 valence electrons. The van der Waals surface area contributed by atoms with Crippen LogP contribution in [0.15, 0.2) is 0 Å². The van der Waals surface area contributed by atoms with Gasteiger partial charge in [0.05, 0.1) is 6.04 Å². The lowest BCUT2D eigenvalue weighted by molar-refractivity contribution is -0.00612. The third-order valence-electron chi connectivity index (χ3n) is 3.01. The van der Waals surface area contributed by atoms with Crippen LogP contribution in [0, 0.1) is 0 Å². The van der Waals surface area contributed by atoms with Gasteiger partial charge in [0.1, 0.15) is 0 Å². The second kappa shape index (κ2) is 5.03. The molecule has 1 saturated heterocycles. The Balaban J connectivity index is 2.60. The highest BCUT2D eigenvalue weighted by atomic mass is 19.3. The summed E-state index contributed by atoms with van der Waals surface area (Å²) in [6, 6.07) is -0.0429. The zero-order valence-corrected chi connectivity index (χ0v) is 9.13. The molecule has 2 nitrogen and oxygen atoms in total. The molecule has 1 aliphatic rings. The van der Waals surface area contributed by atoms with Crippen molar-refractivity contribution < 1.29 is 8.78 Å². The molecule has 0 bridgehead atoms. The molecular formula is C10H20F2N2. The first-order chi connectivity index (χ1) is 6.56. The van der Waals surface area contributed by atoms with Crippen LogP contribution in [-0.4, -0.2) is 42.5 Å². The lowest BCUT2D eigenvalue weighted by Crippen LogP contribution is -2.59. The van der Waals surface area contributed by atoms with Crippen molar-refractivity contribution >= 4 is 0 Å². The van der Waals surface area contributed by atoms with Crippen LogP contribution in [0.5, 0.6) is 0 Å². The number of nitrogens with zero attached hydrogens (tertiary/aromatic N) is 1. The summed E-state index contributed by atoms with van der Waals surface area (Å²) < 4.78 is 25.2. The third kappa shape index (κ3) is 2.64. The van der Waals surface area contributed by atoms with Gasteiger partial charge in [-0.3, -0.25) is 4.90 Å². The van der Waals surface area contributed by atoms with Crippen LogP contribution in [0.2, 0.25) is 0 Å². The molecule has 14 heavy (non-hydrogen) atoms. The SMILES string of the molecule is CCC1CNC(C)CN1C(C)C(F)F. The Bertz CT molecular complexity index is 174. The predicted octanol–water partition coefficient (Wildman–Crippen LogP) is 1.71. The average molecular weight is 206 g/mol. The van der Waals surface area contributed by atoms with E-state index in [1.165, 1.54) is 0 Å². The van der Waals surface area contributed by atoms with Crippen molar-refractivity contribution in [1.82, 2.24) is 10.2 Å². The third-order valence-corrected chi connectivity index (χ3v) is 3.01. The van der Waals surface area contributed by atoms with Crippen molar-refractivity contribution in [3.8, 4) is 0 Å². The molecule has 4 heteroatoms. The summed E-state index contributed by atoms with van der Waals surface area (Å²) in [6.07, 6.45) is -1.31. The van der Waals surface area contributed by atoms with Crippen LogP contribution in [0.3, 0.4) is 0 Å². The minimum absolute atomic E-state index is 0.259. The quantitative estimate of drug-likeness (QED) is 0.756. The summed E-state index contributed by atoms with van der Waals surface area (Å²) in [5.74, 6) is 0. The Hall–Kier alpha value is -0.220. The molecule has 0 saturated carbocycles. The van der Waals surface area contributed by atoms with Gasteiger partial charge in [0.15, 0.2) is 0 Å². The fraction of sp³-hybridized carbons (Fsp3) is 1.00. The first kappa shape index (κ1) is 11.9. The van der Waals surface area contributed by atoms with E-state index in [0.29, 0.717) is 6.04 Å². The molecule has 0 aromatic carbocycles. The maximum Gasteiger partial charge on any atom is 0.253 e. The summed E-state index contributed by atoms with van der Waals surface area (Å²) in [7, 11) is 0. The normalized spacial score (nSPS) is 32.1. The Morgan fingerprint density at radius 3 is 2.64 bits per heavy atom. The fourth-order valence-electron chi connectivity index (χ4n) is 2.01. The number of nitrogens with one attached hydrogen (secondary N) is 1. The Morgan fingerprint density at radius 2 is 2.14 bits per heavy atom. The van der Waals surface area contributed by atoms with Gasteiger partial charge in [-0.2, -0.15) is 0 Å². The summed E-state index contributed by atoms with van der Waals surface area (Å²) >= 11 is 0. The van der Waals surface area contributed by atoms with E-state index in [0.717, 1.165) is 19.5 Å².